The molecular weight excluding hydrogens is 314 g/mol. The summed E-state index contributed by atoms with van der Waals surface area (Å²) in [6.07, 6.45) is 5.70. The van der Waals surface area contributed by atoms with Gasteiger partial charge in [-0.2, -0.15) is 0 Å². The van der Waals surface area contributed by atoms with E-state index in [0.717, 1.165) is 43.1 Å². The molecule has 6 heteroatoms. The highest BCUT2D eigenvalue weighted by atomic mass is 16.2. The van der Waals surface area contributed by atoms with Crippen molar-refractivity contribution >= 4 is 11.7 Å². The van der Waals surface area contributed by atoms with Gasteiger partial charge in [-0.25, -0.2) is 15.0 Å². The molecule has 0 aromatic carbocycles. The third kappa shape index (κ3) is 3.21. The van der Waals surface area contributed by atoms with Gasteiger partial charge in [0.05, 0.1) is 5.69 Å². The van der Waals surface area contributed by atoms with E-state index in [1.54, 1.807) is 12.4 Å². The van der Waals surface area contributed by atoms with Crippen LogP contribution in [0.5, 0.6) is 0 Å². The number of pyridine rings is 1. The van der Waals surface area contributed by atoms with Crippen molar-refractivity contribution in [1.82, 2.24) is 19.9 Å². The van der Waals surface area contributed by atoms with Crippen LogP contribution >= 0.6 is 0 Å². The number of amides is 1. The normalized spacial score (nSPS) is 17.3. The van der Waals surface area contributed by atoms with E-state index in [2.05, 4.69) is 19.9 Å². The first-order valence-corrected chi connectivity index (χ1v) is 9.03. The lowest BCUT2D eigenvalue weighted by Gasteiger charge is -2.21. The van der Waals surface area contributed by atoms with Crippen molar-refractivity contribution in [3.8, 4) is 0 Å². The second-order valence-corrected chi connectivity index (χ2v) is 6.77. The number of hydrogen-bond donors (Lipinski definition) is 0. The minimum atomic E-state index is 0.00666. The van der Waals surface area contributed by atoms with Crippen molar-refractivity contribution in [3.05, 3.63) is 47.2 Å². The van der Waals surface area contributed by atoms with Crippen LogP contribution in [0, 0.1) is 6.92 Å². The van der Waals surface area contributed by atoms with Crippen molar-refractivity contribution in [3.63, 3.8) is 0 Å². The highest BCUT2D eigenvalue weighted by Gasteiger charge is 2.25. The van der Waals surface area contributed by atoms with Gasteiger partial charge in [-0.1, -0.05) is 6.07 Å². The lowest BCUT2D eigenvalue weighted by Crippen LogP contribution is -2.34. The first-order valence-electron chi connectivity index (χ1n) is 9.03. The van der Waals surface area contributed by atoms with Gasteiger partial charge in [0.15, 0.2) is 0 Å². The van der Waals surface area contributed by atoms with Crippen LogP contribution in [0.25, 0.3) is 0 Å². The Bertz CT molecular complexity index is 785. The van der Waals surface area contributed by atoms with Gasteiger partial charge in [0.25, 0.3) is 5.91 Å². The molecule has 2 aromatic heterocycles. The molecule has 25 heavy (non-hydrogen) atoms. The second-order valence-electron chi connectivity index (χ2n) is 6.77. The van der Waals surface area contributed by atoms with Crippen LogP contribution in [-0.2, 0) is 12.8 Å². The molecule has 0 bridgehead atoms. The Labute approximate surface area is 147 Å². The van der Waals surface area contributed by atoms with Crippen LogP contribution in [0.3, 0.4) is 0 Å². The minimum Gasteiger partial charge on any atom is -0.356 e. The summed E-state index contributed by atoms with van der Waals surface area (Å²) in [5.74, 6) is 1.08. The molecule has 2 aromatic rings. The number of rotatable bonds is 2. The zero-order valence-corrected chi connectivity index (χ0v) is 14.6. The van der Waals surface area contributed by atoms with E-state index in [1.165, 1.54) is 18.4 Å². The average Bonchev–Trinajstić information content (AvgIpc) is 3.07. The van der Waals surface area contributed by atoms with Crippen LogP contribution in [0.1, 0.15) is 40.3 Å². The Morgan fingerprint density at radius 3 is 2.64 bits per heavy atom. The fraction of sp³-hybridized carbons (Fsp3) is 0.474. The van der Waals surface area contributed by atoms with E-state index in [1.807, 2.05) is 24.0 Å². The predicted molar refractivity (Wildman–Crippen MR) is 95.8 cm³/mol. The number of nitrogens with zero attached hydrogens (tertiary/aromatic N) is 5. The van der Waals surface area contributed by atoms with Gasteiger partial charge in [-0.05, 0) is 38.3 Å². The van der Waals surface area contributed by atoms with Crippen LogP contribution in [0.2, 0.25) is 0 Å². The lowest BCUT2D eigenvalue weighted by molar-refractivity contribution is 0.0757. The lowest BCUT2D eigenvalue weighted by atomic mass is 10.1. The number of aryl methyl sites for hydroxylation is 1. The molecule has 1 saturated heterocycles. The summed E-state index contributed by atoms with van der Waals surface area (Å²) in [5, 5.41) is 0. The van der Waals surface area contributed by atoms with Crippen molar-refractivity contribution in [2.45, 2.75) is 32.6 Å². The molecule has 0 N–H and O–H groups in total. The molecular formula is C19H23N5O. The number of carbonyl (C=O) groups excluding carboxylic acids is 1. The molecule has 130 valence electrons. The molecule has 0 spiro atoms. The topological polar surface area (TPSA) is 62.2 Å². The monoisotopic (exact) mass is 337 g/mol. The number of hydrogen-bond acceptors (Lipinski definition) is 5. The van der Waals surface area contributed by atoms with Crippen LogP contribution in [-0.4, -0.2) is 51.9 Å². The predicted octanol–water partition coefficient (Wildman–Crippen LogP) is 2.02. The Balaban J connectivity index is 1.55. The molecule has 1 fully saturated rings. The van der Waals surface area contributed by atoms with Crippen LogP contribution in [0.4, 0.5) is 5.82 Å². The smallest absolute Gasteiger partial charge is 0.272 e. The maximum absolute atomic E-state index is 12.8. The number of fused-ring (bicyclic) bond motifs is 1. The zero-order valence-electron chi connectivity index (χ0n) is 14.6. The van der Waals surface area contributed by atoms with E-state index in [4.69, 9.17) is 0 Å². The number of aromatic nitrogens is 3. The Morgan fingerprint density at radius 2 is 1.84 bits per heavy atom. The van der Waals surface area contributed by atoms with Crippen molar-refractivity contribution in [2.24, 2.45) is 0 Å². The van der Waals surface area contributed by atoms with Crippen LogP contribution < -0.4 is 4.90 Å². The van der Waals surface area contributed by atoms with Gasteiger partial charge < -0.3 is 9.80 Å². The van der Waals surface area contributed by atoms with E-state index >= 15 is 0 Å². The Hall–Kier alpha value is -2.50. The summed E-state index contributed by atoms with van der Waals surface area (Å²) in [7, 11) is 0. The summed E-state index contributed by atoms with van der Waals surface area (Å²) in [6, 6.07) is 5.59. The Kier molecular flexibility index (Phi) is 4.34. The van der Waals surface area contributed by atoms with Gasteiger partial charge in [0, 0.05) is 43.9 Å². The summed E-state index contributed by atoms with van der Waals surface area (Å²) < 4.78 is 0. The standard InChI is InChI=1S/C19H23N5O/c1-14-5-4-6-17(22-14)19(25)24-11-7-15-16(8-12-24)20-13-21-18(15)23-9-2-3-10-23/h4-6,13H,2-3,7-12H2,1H3. The Morgan fingerprint density at radius 1 is 1.04 bits per heavy atom. The molecule has 0 atom stereocenters. The van der Waals surface area contributed by atoms with Crippen molar-refractivity contribution in [1.29, 1.82) is 0 Å². The number of anilines is 1. The number of carbonyl (C=O) groups is 1. The summed E-state index contributed by atoms with van der Waals surface area (Å²) in [5.41, 5.74) is 3.70. The third-order valence-corrected chi connectivity index (χ3v) is 5.06. The van der Waals surface area contributed by atoms with E-state index in [-0.39, 0.29) is 5.91 Å². The summed E-state index contributed by atoms with van der Waals surface area (Å²) in [6.45, 7) is 5.42. The molecule has 4 heterocycles. The molecule has 2 aliphatic heterocycles. The highest BCUT2D eigenvalue weighted by molar-refractivity contribution is 5.92. The third-order valence-electron chi connectivity index (χ3n) is 5.06. The first-order chi connectivity index (χ1) is 12.2. The van der Waals surface area contributed by atoms with Crippen molar-refractivity contribution in [2.75, 3.05) is 31.1 Å². The van der Waals surface area contributed by atoms with Crippen molar-refractivity contribution < 1.29 is 4.79 Å². The fourth-order valence-electron chi connectivity index (χ4n) is 3.74. The average molecular weight is 337 g/mol. The fourth-order valence-corrected chi connectivity index (χ4v) is 3.74. The second kappa shape index (κ2) is 6.78. The molecule has 0 aliphatic carbocycles. The maximum atomic E-state index is 12.8. The van der Waals surface area contributed by atoms with Gasteiger partial charge in [-0.15, -0.1) is 0 Å². The summed E-state index contributed by atoms with van der Waals surface area (Å²) in [4.78, 5) is 30.5. The highest BCUT2D eigenvalue weighted by Crippen LogP contribution is 2.26. The van der Waals surface area contributed by atoms with Gasteiger partial charge in [0.2, 0.25) is 0 Å². The van der Waals surface area contributed by atoms with Crippen LogP contribution in [0.15, 0.2) is 24.5 Å². The molecule has 1 amide bonds. The van der Waals surface area contributed by atoms with Gasteiger partial charge in [0.1, 0.15) is 17.8 Å². The van der Waals surface area contributed by atoms with Gasteiger partial charge >= 0.3 is 0 Å². The maximum Gasteiger partial charge on any atom is 0.272 e. The van der Waals surface area contributed by atoms with E-state index in [0.29, 0.717) is 18.8 Å². The quantitative estimate of drug-likeness (QED) is 0.839. The zero-order chi connectivity index (χ0) is 17.2. The SMILES string of the molecule is Cc1cccc(C(=O)N2CCc3ncnc(N4CCCC4)c3CC2)n1. The molecule has 0 unspecified atom stereocenters. The minimum absolute atomic E-state index is 0.00666. The van der Waals surface area contributed by atoms with E-state index in [9.17, 15) is 4.79 Å². The molecule has 2 aliphatic rings. The molecule has 0 radical (unpaired) electrons. The van der Waals surface area contributed by atoms with Gasteiger partial charge in [-0.3, -0.25) is 4.79 Å². The van der Waals surface area contributed by atoms with E-state index < -0.39 is 0 Å². The largest absolute Gasteiger partial charge is 0.356 e. The molecule has 6 nitrogen and oxygen atoms in total. The summed E-state index contributed by atoms with van der Waals surface area (Å²) >= 11 is 0. The first kappa shape index (κ1) is 16.0. The molecule has 0 saturated carbocycles. The molecule has 4 rings (SSSR count).